The first-order valence-electron chi connectivity index (χ1n) is 7.81. The summed E-state index contributed by atoms with van der Waals surface area (Å²) in [7, 11) is 0. The van der Waals surface area contributed by atoms with Crippen molar-refractivity contribution in [2.45, 2.75) is 27.7 Å². The lowest BCUT2D eigenvalue weighted by Gasteiger charge is -2.02. The summed E-state index contributed by atoms with van der Waals surface area (Å²) in [5, 5.41) is 4.59. The summed E-state index contributed by atoms with van der Waals surface area (Å²) in [6.07, 6.45) is 4.67. The highest BCUT2D eigenvalue weighted by atomic mass is 32.2. The molecule has 0 aromatic rings. The number of allylic oxidation sites excluding steroid dienone is 6. The fraction of sp³-hybridized carbons (Fsp3) is 0.222. The molecule has 0 radical (unpaired) electrons. The van der Waals surface area contributed by atoms with Gasteiger partial charge in [-0.3, -0.25) is 0 Å². The zero-order chi connectivity index (χ0) is 18.3. The molecule has 136 valence electrons. The van der Waals surface area contributed by atoms with Crippen LogP contribution in [0.15, 0.2) is 69.3 Å². The lowest BCUT2D eigenvalue weighted by atomic mass is 10.6. The molecule has 26 heavy (non-hydrogen) atoms. The van der Waals surface area contributed by atoms with E-state index in [9.17, 15) is 0 Å². The van der Waals surface area contributed by atoms with E-state index in [1.807, 2.05) is 94.1 Å². The van der Waals surface area contributed by atoms with Gasteiger partial charge in [0.15, 0.2) is 0 Å². The lowest BCUT2D eigenvalue weighted by Crippen LogP contribution is -1.70. The molecule has 4 aliphatic rings. The molecule has 4 aliphatic heterocycles. The summed E-state index contributed by atoms with van der Waals surface area (Å²) in [5.74, 6) is 0. The van der Waals surface area contributed by atoms with Crippen LogP contribution >= 0.6 is 94.1 Å². The smallest absolute Gasteiger partial charge is 0.0700 e. The van der Waals surface area contributed by atoms with Crippen LogP contribution in [0.2, 0.25) is 0 Å². The van der Waals surface area contributed by atoms with Crippen LogP contribution in [0, 0.1) is 0 Å². The topological polar surface area (TPSA) is 0 Å². The zero-order valence-corrected chi connectivity index (χ0v) is 21.1. The van der Waals surface area contributed by atoms with Gasteiger partial charge < -0.3 is 0 Å². The minimum Gasteiger partial charge on any atom is -0.0878 e. The highest BCUT2D eigenvalue weighted by Crippen LogP contribution is 2.58. The van der Waals surface area contributed by atoms with Gasteiger partial charge in [-0.15, -0.1) is 0 Å². The molecular weight excluding hydrogens is 473 g/mol. The third kappa shape index (κ3) is 4.75. The molecule has 0 saturated heterocycles. The van der Waals surface area contributed by atoms with E-state index in [0.29, 0.717) is 0 Å². The molecular formula is C18H16S8. The maximum Gasteiger partial charge on any atom is 0.0700 e. The minimum absolute atomic E-state index is 1.36. The van der Waals surface area contributed by atoms with E-state index in [1.54, 1.807) is 0 Å². The van der Waals surface area contributed by atoms with Gasteiger partial charge in [0.05, 0.1) is 16.9 Å². The van der Waals surface area contributed by atoms with Crippen LogP contribution in [-0.2, 0) is 0 Å². The SMILES string of the molecule is CC1=C(C)SC(=CC2=CS/C(=C3\SC=C(C=C4SC(C)=C(C)S4)S3)S2)S1. The first-order valence-corrected chi connectivity index (χ1v) is 14.5. The molecule has 0 N–H and O–H groups in total. The maximum absolute atomic E-state index is 2.34. The van der Waals surface area contributed by atoms with E-state index >= 15 is 0 Å². The van der Waals surface area contributed by atoms with Crippen LogP contribution in [0.1, 0.15) is 27.7 Å². The fourth-order valence-corrected chi connectivity index (χ4v) is 12.0. The summed E-state index contributed by atoms with van der Waals surface area (Å²) in [5.41, 5.74) is 0. The number of thioether (sulfide) groups is 8. The van der Waals surface area contributed by atoms with Crippen molar-refractivity contribution in [3.8, 4) is 0 Å². The van der Waals surface area contributed by atoms with E-state index in [-0.39, 0.29) is 0 Å². The molecule has 0 spiro atoms. The van der Waals surface area contributed by atoms with Crippen molar-refractivity contribution in [3.63, 3.8) is 0 Å². The zero-order valence-electron chi connectivity index (χ0n) is 14.6. The van der Waals surface area contributed by atoms with Crippen LogP contribution in [0.4, 0.5) is 0 Å². The summed E-state index contributed by atoms with van der Waals surface area (Å²) < 4.78 is 5.63. The van der Waals surface area contributed by atoms with E-state index in [0.717, 1.165) is 0 Å². The first-order chi connectivity index (χ1) is 12.5. The Balaban J connectivity index is 1.36. The maximum atomic E-state index is 2.34. The van der Waals surface area contributed by atoms with Crippen molar-refractivity contribution in [2.75, 3.05) is 0 Å². The number of hydrogen-bond donors (Lipinski definition) is 0. The third-order valence-electron chi connectivity index (χ3n) is 3.68. The van der Waals surface area contributed by atoms with Crippen molar-refractivity contribution >= 4 is 94.1 Å². The first kappa shape index (κ1) is 20.3. The Hall–Kier alpha value is 0.980. The van der Waals surface area contributed by atoms with Gasteiger partial charge in [-0.25, -0.2) is 0 Å². The van der Waals surface area contributed by atoms with Gasteiger partial charge in [0.2, 0.25) is 0 Å². The van der Waals surface area contributed by atoms with E-state index in [2.05, 4.69) is 50.7 Å². The van der Waals surface area contributed by atoms with Crippen LogP contribution in [0.3, 0.4) is 0 Å². The Morgan fingerprint density at radius 3 is 1.23 bits per heavy atom. The Morgan fingerprint density at radius 2 is 0.885 bits per heavy atom. The highest BCUT2D eigenvalue weighted by molar-refractivity contribution is 8.34. The summed E-state index contributed by atoms with van der Waals surface area (Å²) in [6, 6.07) is 0. The van der Waals surface area contributed by atoms with Gasteiger partial charge in [-0.1, -0.05) is 94.1 Å². The van der Waals surface area contributed by atoms with Crippen molar-refractivity contribution in [1.29, 1.82) is 0 Å². The Morgan fingerprint density at radius 1 is 0.538 bits per heavy atom. The molecule has 0 nitrogen and oxygen atoms in total. The molecule has 0 aliphatic carbocycles. The minimum atomic E-state index is 1.36. The molecule has 0 unspecified atom stereocenters. The summed E-state index contributed by atoms with van der Waals surface area (Å²) in [4.78, 5) is 8.45. The average Bonchev–Trinajstić information content (AvgIpc) is 3.33. The van der Waals surface area contributed by atoms with Gasteiger partial charge in [-0.2, -0.15) is 0 Å². The molecule has 4 rings (SSSR count). The van der Waals surface area contributed by atoms with Crippen LogP contribution in [-0.4, -0.2) is 0 Å². The molecule has 0 fully saturated rings. The van der Waals surface area contributed by atoms with Crippen molar-refractivity contribution in [2.24, 2.45) is 0 Å². The standard InChI is InChI=1S/C18H16S8/c1-9-10(2)22-15(21-9)5-13-7-19-17(25-13)18-20-8-14(26-18)6-16-23-11(3)12(4)24-16/h5-8H,1-4H3/b18-17-. The molecule has 4 heterocycles. The number of hydrogen-bond acceptors (Lipinski definition) is 8. The van der Waals surface area contributed by atoms with Gasteiger partial charge in [0.25, 0.3) is 0 Å². The summed E-state index contributed by atoms with van der Waals surface area (Å²) >= 11 is 15.2. The van der Waals surface area contributed by atoms with Crippen molar-refractivity contribution < 1.29 is 0 Å². The fourth-order valence-electron chi connectivity index (χ4n) is 2.12. The van der Waals surface area contributed by atoms with Crippen LogP contribution < -0.4 is 0 Å². The van der Waals surface area contributed by atoms with Gasteiger partial charge in [0, 0.05) is 9.81 Å². The predicted molar refractivity (Wildman–Crippen MR) is 137 cm³/mol. The highest BCUT2D eigenvalue weighted by Gasteiger charge is 2.23. The number of rotatable bonds is 2. The Kier molecular flexibility index (Phi) is 6.84. The molecule has 0 atom stereocenters. The normalized spacial score (nSPS) is 26.3. The molecule has 8 heteroatoms. The lowest BCUT2D eigenvalue weighted by molar-refractivity contribution is 1.57. The van der Waals surface area contributed by atoms with Gasteiger partial charge >= 0.3 is 0 Å². The molecule has 0 bridgehead atoms. The van der Waals surface area contributed by atoms with E-state index in [4.69, 9.17) is 0 Å². The van der Waals surface area contributed by atoms with Crippen LogP contribution in [0.5, 0.6) is 0 Å². The predicted octanol–water partition coefficient (Wildman–Crippen LogP) is 9.90. The third-order valence-corrected chi connectivity index (χ3v) is 13.9. The van der Waals surface area contributed by atoms with Crippen LogP contribution in [0.25, 0.3) is 0 Å². The molecule has 0 aromatic heterocycles. The molecule has 0 saturated carbocycles. The largest absolute Gasteiger partial charge is 0.0878 e. The molecule has 0 aromatic carbocycles. The van der Waals surface area contributed by atoms with Crippen molar-refractivity contribution in [1.82, 2.24) is 0 Å². The second-order valence-electron chi connectivity index (χ2n) is 5.61. The quantitative estimate of drug-likeness (QED) is 0.371. The molecule has 0 amide bonds. The van der Waals surface area contributed by atoms with E-state index < -0.39 is 0 Å². The Bertz CT molecular complexity index is 775. The van der Waals surface area contributed by atoms with Gasteiger partial charge in [0.1, 0.15) is 0 Å². The monoisotopic (exact) mass is 488 g/mol. The second kappa shape index (κ2) is 8.78. The van der Waals surface area contributed by atoms with E-state index in [1.165, 1.54) is 46.4 Å². The van der Waals surface area contributed by atoms with Crippen molar-refractivity contribution in [3.05, 3.63) is 69.3 Å². The second-order valence-corrected chi connectivity index (χ2v) is 15.6. The van der Waals surface area contributed by atoms with Gasteiger partial charge in [-0.05, 0) is 70.3 Å². The average molecular weight is 489 g/mol. The Labute approximate surface area is 189 Å². The summed E-state index contributed by atoms with van der Waals surface area (Å²) in [6.45, 7) is 8.83.